The van der Waals surface area contributed by atoms with Gasteiger partial charge in [-0.15, -0.1) is 0 Å². The fourth-order valence-corrected chi connectivity index (χ4v) is 11.1. The van der Waals surface area contributed by atoms with Gasteiger partial charge in [-0.2, -0.15) is 0 Å². The van der Waals surface area contributed by atoms with Gasteiger partial charge in [-0.1, -0.05) is 158 Å². The van der Waals surface area contributed by atoms with E-state index in [1.165, 1.54) is 98.2 Å². The Bertz CT molecular complexity index is 4130. The molecule has 3 nitrogen and oxygen atoms in total. The van der Waals surface area contributed by atoms with Crippen LogP contribution in [-0.2, 0) is 0 Å². The maximum atomic E-state index is 2.50. The lowest BCUT2D eigenvalue weighted by Gasteiger charge is -2.25. The van der Waals surface area contributed by atoms with Crippen LogP contribution in [0.2, 0.25) is 0 Å². The second kappa shape index (κ2) is 14.8. The van der Waals surface area contributed by atoms with Gasteiger partial charge in [0.1, 0.15) is 0 Å². The number of para-hydroxylation sites is 5. The Morgan fingerprint density at radius 1 is 0.269 bits per heavy atom. The normalized spacial score (nSPS) is 11.9. The molecule has 312 valence electrons. The van der Waals surface area contributed by atoms with Crippen LogP contribution in [0.5, 0.6) is 0 Å². The van der Waals surface area contributed by atoms with Crippen LogP contribution >= 0.6 is 0 Å². The number of fused-ring (bicyclic) bond motifs is 7. The molecule has 2 aromatic heterocycles. The zero-order valence-electron chi connectivity index (χ0n) is 36.5. The number of hydrogen-bond donors (Lipinski definition) is 0. The molecule has 0 saturated carbocycles. The Labute approximate surface area is 387 Å². The molecule has 0 bridgehead atoms. The van der Waals surface area contributed by atoms with E-state index < -0.39 is 0 Å². The van der Waals surface area contributed by atoms with Crippen LogP contribution in [0.25, 0.3) is 110 Å². The lowest BCUT2D eigenvalue weighted by Crippen LogP contribution is -2.09. The molecule has 0 spiro atoms. The van der Waals surface area contributed by atoms with Gasteiger partial charge in [0.15, 0.2) is 0 Å². The molecule has 0 atom stereocenters. The fraction of sp³-hybridized carbons (Fsp3) is 0. The number of benzene rings is 12. The van der Waals surface area contributed by atoms with Gasteiger partial charge < -0.3 is 14.0 Å². The quantitative estimate of drug-likeness (QED) is 0.146. The van der Waals surface area contributed by atoms with Gasteiger partial charge in [0.2, 0.25) is 0 Å². The van der Waals surface area contributed by atoms with E-state index in [-0.39, 0.29) is 0 Å². The molecule has 0 N–H and O–H groups in total. The van der Waals surface area contributed by atoms with Crippen molar-refractivity contribution in [3.05, 3.63) is 249 Å². The summed E-state index contributed by atoms with van der Waals surface area (Å²) in [5.41, 5.74) is 15.4. The van der Waals surface area contributed by atoms with Crippen molar-refractivity contribution in [3.63, 3.8) is 0 Å². The predicted octanol–water partition coefficient (Wildman–Crippen LogP) is 17.6. The Kier molecular flexibility index (Phi) is 8.28. The highest BCUT2D eigenvalue weighted by Crippen LogP contribution is 2.48. The standard InChI is InChI=1S/C64H41N3/c1-5-16-46(17-6-1)65(47-18-7-2-8-19-47)50-34-30-42(31-35-50)51-36-32-43-28-29-45-41-57-63-52(44-33-39-59-56(40-44)53-24-13-14-26-58(53)66(59)48-20-9-3-10-21-48)25-15-27-60(63)67(49-22-11-4-12-23-49)64(57)55-38-37-54(51)61(43)62(45)55/h1-41H. The number of anilines is 3. The van der Waals surface area contributed by atoms with Crippen molar-refractivity contribution in [2.75, 3.05) is 4.90 Å². The van der Waals surface area contributed by atoms with Crippen LogP contribution in [0, 0.1) is 0 Å². The summed E-state index contributed by atoms with van der Waals surface area (Å²) in [4.78, 5) is 2.32. The third-order valence-electron chi connectivity index (χ3n) is 14.0. The number of hydrogen-bond acceptors (Lipinski definition) is 1. The fourth-order valence-electron chi connectivity index (χ4n) is 11.1. The monoisotopic (exact) mass is 851 g/mol. The molecule has 0 radical (unpaired) electrons. The Balaban J connectivity index is 0.979. The minimum atomic E-state index is 1.12. The maximum absolute atomic E-state index is 2.50. The second-order valence-electron chi connectivity index (χ2n) is 17.7. The molecule has 2 heterocycles. The van der Waals surface area contributed by atoms with Crippen molar-refractivity contribution in [2.45, 2.75) is 0 Å². The molecule has 0 aliphatic carbocycles. The van der Waals surface area contributed by atoms with Gasteiger partial charge in [-0.05, 0) is 140 Å². The van der Waals surface area contributed by atoms with Crippen LogP contribution in [0.15, 0.2) is 249 Å². The van der Waals surface area contributed by atoms with Crippen molar-refractivity contribution in [2.24, 2.45) is 0 Å². The molecule has 0 fully saturated rings. The van der Waals surface area contributed by atoms with E-state index in [1.807, 2.05) is 0 Å². The maximum Gasteiger partial charge on any atom is 0.0620 e. The van der Waals surface area contributed by atoms with Gasteiger partial charge in [0, 0.05) is 55.4 Å². The smallest absolute Gasteiger partial charge is 0.0620 e. The SMILES string of the molecule is c1ccc(N(c2ccccc2)c2ccc(-c3ccc4ccc5cc6c7c(-c8ccc9c(c8)c8ccccc8n9-c8ccccc8)cccc7n(-c7ccccc7)c6c6ccc3c4c56)cc2)cc1. The van der Waals surface area contributed by atoms with Gasteiger partial charge in [0.25, 0.3) is 0 Å². The van der Waals surface area contributed by atoms with Crippen molar-refractivity contribution < 1.29 is 0 Å². The highest BCUT2D eigenvalue weighted by Gasteiger charge is 2.23. The third kappa shape index (κ3) is 5.71. The van der Waals surface area contributed by atoms with E-state index in [1.54, 1.807) is 0 Å². The van der Waals surface area contributed by atoms with Crippen molar-refractivity contribution in [1.82, 2.24) is 9.13 Å². The molecule has 0 aliphatic heterocycles. The number of rotatable bonds is 7. The molecule has 14 aromatic rings. The highest BCUT2D eigenvalue weighted by atomic mass is 15.1. The molecular formula is C64H41N3. The molecule has 67 heavy (non-hydrogen) atoms. The number of aromatic nitrogens is 2. The van der Waals surface area contributed by atoms with Gasteiger partial charge in [-0.25, -0.2) is 0 Å². The van der Waals surface area contributed by atoms with Crippen molar-refractivity contribution >= 4 is 93.0 Å². The van der Waals surface area contributed by atoms with Gasteiger partial charge >= 0.3 is 0 Å². The third-order valence-corrected chi connectivity index (χ3v) is 14.0. The highest BCUT2D eigenvalue weighted by molar-refractivity contribution is 6.34. The van der Waals surface area contributed by atoms with E-state index >= 15 is 0 Å². The van der Waals surface area contributed by atoms with E-state index in [0.29, 0.717) is 0 Å². The molecule has 12 aromatic carbocycles. The summed E-state index contributed by atoms with van der Waals surface area (Å²) in [5, 5.41) is 12.6. The minimum absolute atomic E-state index is 1.12. The van der Waals surface area contributed by atoms with Crippen LogP contribution in [0.4, 0.5) is 17.1 Å². The van der Waals surface area contributed by atoms with Gasteiger partial charge in [-0.3, -0.25) is 0 Å². The van der Waals surface area contributed by atoms with Crippen LogP contribution in [0.3, 0.4) is 0 Å². The summed E-state index contributed by atoms with van der Waals surface area (Å²) in [6.07, 6.45) is 0. The molecule has 0 saturated heterocycles. The van der Waals surface area contributed by atoms with E-state index in [4.69, 9.17) is 0 Å². The molecule has 3 heteroatoms. The Morgan fingerprint density at radius 2 is 0.821 bits per heavy atom. The molecular weight excluding hydrogens is 811 g/mol. The predicted molar refractivity (Wildman–Crippen MR) is 284 cm³/mol. The molecule has 0 aliphatic rings. The van der Waals surface area contributed by atoms with E-state index in [0.717, 1.165) is 28.4 Å². The van der Waals surface area contributed by atoms with Crippen LogP contribution < -0.4 is 4.90 Å². The van der Waals surface area contributed by atoms with E-state index in [9.17, 15) is 0 Å². The Hall–Kier alpha value is -8.92. The summed E-state index contributed by atoms with van der Waals surface area (Å²) in [6.45, 7) is 0. The second-order valence-corrected chi connectivity index (χ2v) is 17.7. The molecule has 0 amide bonds. The summed E-state index contributed by atoms with van der Waals surface area (Å²) in [7, 11) is 0. The van der Waals surface area contributed by atoms with Crippen molar-refractivity contribution in [3.8, 4) is 33.6 Å². The van der Waals surface area contributed by atoms with Crippen LogP contribution in [-0.4, -0.2) is 9.13 Å². The lowest BCUT2D eigenvalue weighted by molar-refractivity contribution is 1.18. The topological polar surface area (TPSA) is 13.1 Å². The summed E-state index contributed by atoms with van der Waals surface area (Å²) in [6, 6.07) is 91.1. The first kappa shape index (κ1) is 37.5. The van der Waals surface area contributed by atoms with E-state index in [2.05, 4.69) is 263 Å². The molecule has 0 unspecified atom stereocenters. The summed E-state index contributed by atoms with van der Waals surface area (Å²) < 4.78 is 4.90. The van der Waals surface area contributed by atoms with Crippen molar-refractivity contribution in [1.29, 1.82) is 0 Å². The number of nitrogens with zero attached hydrogens (tertiary/aromatic N) is 3. The molecule has 14 rings (SSSR count). The van der Waals surface area contributed by atoms with Crippen LogP contribution in [0.1, 0.15) is 0 Å². The summed E-state index contributed by atoms with van der Waals surface area (Å²) in [5.74, 6) is 0. The zero-order valence-corrected chi connectivity index (χ0v) is 36.5. The zero-order chi connectivity index (χ0) is 44.0. The first-order chi connectivity index (χ1) is 33.3. The first-order valence-electron chi connectivity index (χ1n) is 23.1. The first-order valence-corrected chi connectivity index (χ1v) is 23.1. The summed E-state index contributed by atoms with van der Waals surface area (Å²) >= 11 is 0. The average Bonchev–Trinajstić information content (AvgIpc) is 3.92. The Morgan fingerprint density at radius 3 is 1.55 bits per heavy atom. The average molecular weight is 852 g/mol. The lowest BCUT2D eigenvalue weighted by atomic mass is 9.88. The van der Waals surface area contributed by atoms with Gasteiger partial charge in [0.05, 0.1) is 22.1 Å². The minimum Gasteiger partial charge on any atom is -0.311 e. The largest absolute Gasteiger partial charge is 0.311 e.